The zero-order valence-corrected chi connectivity index (χ0v) is 6.66. The van der Waals surface area contributed by atoms with Gasteiger partial charge in [0.05, 0.1) is 12.9 Å². The molecule has 1 fully saturated rings. The van der Waals surface area contributed by atoms with Crippen molar-refractivity contribution < 1.29 is 14.3 Å². The summed E-state index contributed by atoms with van der Waals surface area (Å²) in [6.07, 6.45) is 3.19. The van der Waals surface area contributed by atoms with Crippen molar-refractivity contribution >= 4 is 5.78 Å². The molecular formula is C9H10O3. The van der Waals surface area contributed by atoms with E-state index in [9.17, 15) is 4.79 Å². The van der Waals surface area contributed by atoms with E-state index in [0.29, 0.717) is 13.0 Å². The average Bonchev–Trinajstić information content (AvgIpc) is 2.52. The van der Waals surface area contributed by atoms with E-state index in [2.05, 4.69) is 6.58 Å². The molecule has 0 spiro atoms. The number of hydrogen-bond acceptors (Lipinski definition) is 3. The molecule has 0 amide bonds. The number of ketones is 1. The zero-order chi connectivity index (χ0) is 8.55. The second-order valence-corrected chi connectivity index (χ2v) is 2.98. The van der Waals surface area contributed by atoms with Crippen LogP contribution in [-0.4, -0.2) is 18.7 Å². The highest BCUT2D eigenvalue weighted by molar-refractivity contribution is 5.93. The van der Waals surface area contributed by atoms with Gasteiger partial charge in [0, 0.05) is 17.9 Å². The maximum atomic E-state index is 11.0. The van der Waals surface area contributed by atoms with Crippen LogP contribution in [-0.2, 0) is 14.3 Å². The van der Waals surface area contributed by atoms with Crippen LogP contribution in [0.2, 0.25) is 0 Å². The maximum Gasteiger partial charge on any atom is 0.222 e. The van der Waals surface area contributed by atoms with E-state index < -0.39 is 0 Å². The molecule has 0 bridgehead atoms. The van der Waals surface area contributed by atoms with Crippen molar-refractivity contribution in [3.8, 4) is 0 Å². The van der Waals surface area contributed by atoms with E-state index in [4.69, 9.17) is 9.47 Å². The maximum absolute atomic E-state index is 11.0. The zero-order valence-electron chi connectivity index (χ0n) is 6.66. The van der Waals surface area contributed by atoms with E-state index in [1.165, 1.54) is 6.26 Å². The van der Waals surface area contributed by atoms with Gasteiger partial charge in [-0.1, -0.05) is 6.58 Å². The molecule has 64 valence electrons. The molecule has 0 aromatic rings. The number of hydrogen-bond donors (Lipinski definition) is 0. The molecule has 0 N–H and O–H groups in total. The second kappa shape index (κ2) is 2.75. The molecule has 1 saturated heterocycles. The Morgan fingerprint density at radius 3 is 3.33 bits per heavy atom. The molecule has 1 unspecified atom stereocenters. The number of carbonyl (C=O) groups excluding carboxylic acids is 1. The second-order valence-electron chi connectivity index (χ2n) is 2.98. The third-order valence-electron chi connectivity index (χ3n) is 2.19. The molecule has 1 heterocycles. The van der Waals surface area contributed by atoms with Gasteiger partial charge in [0.2, 0.25) is 6.29 Å². The smallest absolute Gasteiger partial charge is 0.222 e. The molecule has 2 rings (SSSR count). The van der Waals surface area contributed by atoms with Crippen LogP contribution in [0.4, 0.5) is 0 Å². The van der Waals surface area contributed by atoms with Gasteiger partial charge in [-0.15, -0.1) is 0 Å². The monoisotopic (exact) mass is 166 g/mol. The van der Waals surface area contributed by atoms with Gasteiger partial charge in [-0.25, -0.2) is 0 Å². The van der Waals surface area contributed by atoms with E-state index >= 15 is 0 Å². The van der Waals surface area contributed by atoms with Crippen molar-refractivity contribution in [3.05, 3.63) is 24.5 Å². The molecule has 2 aliphatic rings. The fourth-order valence-electron chi connectivity index (χ4n) is 1.64. The third kappa shape index (κ3) is 1.06. The Balaban J connectivity index is 2.15. The Kier molecular flexibility index (Phi) is 1.73. The summed E-state index contributed by atoms with van der Waals surface area (Å²) < 4.78 is 10.4. The first-order chi connectivity index (χ1) is 5.81. The number of fused-ring (bicyclic) bond motifs is 1. The number of carbonyl (C=O) groups is 1. The van der Waals surface area contributed by atoms with Crippen molar-refractivity contribution in [2.24, 2.45) is 5.92 Å². The molecule has 0 aromatic carbocycles. The Morgan fingerprint density at radius 1 is 1.75 bits per heavy atom. The van der Waals surface area contributed by atoms with Crippen molar-refractivity contribution in [1.29, 1.82) is 0 Å². The van der Waals surface area contributed by atoms with Crippen molar-refractivity contribution in [2.75, 3.05) is 6.61 Å². The summed E-state index contributed by atoms with van der Waals surface area (Å²) >= 11 is 0. The molecule has 1 aliphatic carbocycles. The summed E-state index contributed by atoms with van der Waals surface area (Å²) in [6.45, 7) is 4.04. The molecule has 0 radical (unpaired) electrons. The van der Waals surface area contributed by atoms with Gasteiger partial charge >= 0.3 is 0 Å². The fraction of sp³-hybridized carbons (Fsp3) is 0.444. The van der Waals surface area contributed by atoms with Crippen LogP contribution in [0, 0.1) is 5.92 Å². The molecular weight excluding hydrogens is 156 g/mol. The molecule has 3 heteroatoms. The van der Waals surface area contributed by atoms with Crippen LogP contribution in [0.15, 0.2) is 24.5 Å². The van der Waals surface area contributed by atoms with E-state index in [0.717, 1.165) is 5.57 Å². The first kappa shape index (κ1) is 7.55. The number of rotatable bonds is 2. The predicted octanol–water partition coefficient (Wildman–Crippen LogP) is 1.02. The highest BCUT2D eigenvalue weighted by Crippen LogP contribution is 2.34. The highest BCUT2D eigenvalue weighted by Gasteiger charge is 2.37. The Hall–Kier alpha value is -1.09. The van der Waals surface area contributed by atoms with Gasteiger partial charge < -0.3 is 9.47 Å². The van der Waals surface area contributed by atoms with Crippen LogP contribution >= 0.6 is 0 Å². The van der Waals surface area contributed by atoms with Gasteiger partial charge in [-0.05, 0) is 6.08 Å². The summed E-state index contributed by atoms with van der Waals surface area (Å²) in [5.74, 6) is 0.429. The molecule has 12 heavy (non-hydrogen) atoms. The predicted molar refractivity (Wildman–Crippen MR) is 42.2 cm³/mol. The van der Waals surface area contributed by atoms with Crippen LogP contribution in [0.1, 0.15) is 6.42 Å². The summed E-state index contributed by atoms with van der Waals surface area (Å²) in [5, 5.41) is 0. The van der Waals surface area contributed by atoms with Gasteiger partial charge in [-0.3, -0.25) is 4.79 Å². The van der Waals surface area contributed by atoms with E-state index in [1.807, 2.05) is 0 Å². The molecule has 0 aromatic heterocycles. The lowest BCUT2D eigenvalue weighted by Crippen LogP contribution is -2.08. The molecule has 2 atom stereocenters. The quantitative estimate of drug-likeness (QED) is 0.574. The summed E-state index contributed by atoms with van der Waals surface area (Å²) in [5.41, 5.74) is 0.972. The topological polar surface area (TPSA) is 35.5 Å². The normalized spacial score (nSPS) is 33.0. The highest BCUT2D eigenvalue weighted by atomic mass is 16.7. The standard InChI is InChI=1S/C9H10O3/c1-2-11-9-8-4-7(10)3-6(8)5-12-9/h2,4,6,9H,1,3,5H2/t6-,9?/m0/s1. The molecule has 0 saturated carbocycles. The van der Waals surface area contributed by atoms with Crippen molar-refractivity contribution in [1.82, 2.24) is 0 Å². The van der Waals surface area contributed by atoms with Crippen LogP contribution in [0.5, 0.6) is 0 Å². The number of allylic oxidation sites excluding steroid dienone is 1. The fourth-order valence-corrected chi connectivity index (χ4v) is 1.64. The van der Waals surface area contributed by atoms with Gasteiger partial charge in [-0.2, -0.15) is 0 Å². The SMILES string of the molecule is C=COC1OC[C@@H]2CC(=O)C=C12. The van der Waals surface area contributed by atoms with Crippen LogP contribution in [0.25, 0.3) is 0 Å². The lowest BCUT2D eigenvalue weighted by atomic mass is 10.1. The third-order valence-corrected chi connectivity index (χ3v) is 2.19. The molecule has 1 aliphatic heterocycles. The van der Waals surface area contributed by atoms with E-state index in [-0.39, 0.29) is 18.0 Å². The molecule has 3 nitrogen and oxygen atoms in total. The van der Waals surface area contributed by atoms with Crippen molar-refractivity contribution in [3.63, 3.8) is 0 Å². The van der Waals surface area contributed by atoms with E-state index in [1.54, 1.807) is 6.08 Å². The largest absolute Gasteiger partial charge is 0.469 e. The van der Waals surface area contributed by atoms with Gasteiger partial charge in [0.25, 0.3) is 0 Å². The lowest BCUT2D eigenvalue weighted by Gasteiger charge is -2.09. The summed E-state index contributed by atoms with van der Waals surface area (Å²) in [4.78, 5) is 11.0. The first-order valence-corrected chi connectivity index (χ1v) is 3.93. The van der Waals surface area contributed by atoms with Crippen molar-refractivity contribution in [2.45, 2.75) is 12.7 Å². The lowest BCUT2D eigenvalue weighted by molar-refractivity contribution is -0.115. The Labute approximate surface area is 70.7 Å². The Morgan fingerprint density at radius 2 is 2.58 bits per heavy atom. The average molecular weight is 166 g/mol. The van der Waals surface area contributed by atoms with Gasteiger partial charge in [0.15, 0.2) is 5.78 Å². The minimum atomic E-state index is -0.362. The minimum Gasteiger partial charge on any atom is -0.469 e. The summed E-state index contributed by atoms with van der Waals surface area (Å²) in [7, 11) is 0. The first-order valence-electron chi connectivity index (χ1n) is 3.93. The minimum absolute atomic E-state index is 0.177. The van der Waals surface area contributed by atoms with Gasteiger partial charge in [0.1, 0.15) is 0 Å². The Bertz CT molecular complexity index is 254. The number of ether oxygens (including phenoxy) is 2. The summed E-state index contributed by atoms with van der Waals surface area (Å²) in [6, 6.07) is 0. The van der Waals surface area contributed by atoms with Crippen LogP contribution < -0.4 is 0 Å². The van der Waals surface area contributed by atoms with Crippen LogP contribution in [0.3, 0.4) is 0 Å².